The number of nitrogens with two attached hydrogens (primary N) is 1. The summed E-state index contributed by atoms with van der Waals surface area (Å²) < 4.78 is 6.21. The zero-order valence-electron chi connectivity index (χ0n) is 13.4. The van der Waals surface area contributed by atoms with Gasteiger partial charge in [-0.1, -0.05) is 33.1 Å². The molecule has 2 heterocycles. The zero-order valence-corrected chi connectivity index (χ0v) is 14.2. The molecule has 0 saturated carbocycles. The third-order valence-corrected chi connectivity index (χ3v) is 6.46. The molecule has 1 spiro atoms. The molecule has 0 aromatic carbocycles. The van der Waals surface area contributed by atoms with Crippen molar-refractivity contribution in [3.8, 4) is 0 Å². The first-order valence-corrected chi connectivity index (χ1v) is 9.83. The van der Waals surface area contributed by atoms with E-state index < -0.39 is 0 Å². The van der Waals surface area contributed by atoms with E-state index in [1.807, 2.05) is 0 Å². The third-order valence-electron chi connectivity index (χ3n) is 5.48. The summed E-state index contributed by atoms with van der Waals surface area (Å²) in [6.45, 7) is 5.53. The Morgan fingerprint density at radius 3 is 2.70 bits per heavy atom. The molecule has 3 atom stereocenters. The van der Waals surface area contributed by atoms with Crippen molar-refractivity contribution in [1.29, 1.82) is 0 Å². The SMILES string of the molecule is CCCCC(CC)C(N)C1CCOC2(CCSCC2)C1. The van der Waals surface area contributed by atoms with E-state index in [1.54, 1.807) is 0 Å². The molecule has 3 heteroatoms. The van der Waals surface area contributed by atoms with E-state index in [2.05, 4.69) is 25.6 Å². The summed E-state index contributed by atoms with van der Waals surface area (Å²) in [5, 5.41) is 0. The number of rotatable bonds is 6. The molecule has 2 rings (SSSR count). The lowest BCUT2D eigenvalue weighted by Crippen LogP contribution is -2.49. The minimum Gasteiger partial charge on any atom is -0.375 e. The highest BCUT2D eigenvalue weighted by Gasteiger charge is 2.41. The van der Waals surface area contributed by atoms with E-state index in [0.717, 1.165) is 6.61 Å². The molecule has 0 aromatic rings. The van der Waals surface area contributed by atoms with E-state index in [-0.39, 0.29) is 5.60 Å². The van der Waals surface area contributed by atoms with E-state index >= 15 is 0 Å². The van der Waals surface area contributed by atoms with Crippen LogP contribution in [0.15, 0.2) is 0 Å². The second kappa shape index (κ2) is 8.05. The fraction of sp³-hybridized carbons (Fsp3) is 1.00. The van der Waals surface area contributed by atoms with Crippen molar-refractivity contribution in [2.75, 3.05) is 18.1 Å². The van der Waals surface area contributed by atoms with Crippen LogP contribution in [0.25, 0.3) is 0 Å². The van der Waals surface area contributed by atoms with Crippen LogP contribution in [0.3, 0.4) is 0 Å². The second-order valence-electron chi connectivity index (χ2n) is 6.78. The van der Waals surface area contributed by atoms with Crippen LogP contribution >= 0.6 is 11.8 Å². The van der Waals surface area contributed by atoms with Crippen molar-refractivity contribution < 1.29 is 4.74 Å². The molecule has 20 heavy (non-hydrogen) atoms. The molecule has 2 aliphatic heterocycles. The lowest BCUT2D eigenvalue weighted by molar-refractivity contribution is -0.108. The molecule has 0 amide bonds. The number of ether oxygens (including phenoxy) is 1. The van der Waals surface area contributed by atoms with E-state index in [1.165, 1.54) is 62.9 Å². The average Bonchev–Trinajstić information content (AvgIpc) is 2.48. The number of hydrogen-bond acceptors (Lipinski definition) is 3. The Morgan fingerprint density at radius 2 is 2.05 bits per heavy atom. The Kier molecular flexibility index (Phi) is 6.70. The van der Waals surface area contributed by atoms with Gasteiger partial charge in [0, 0.05) is 12.6 Å². The van der Waals surface area contributed by atoms with Crippen LogP contribution in [0.1, 0.15) is 65.2 Å². The Morgan fingerprint density at radius 1 is 1.30 bits per heavy atom. The van der Waals surface area contributed by atoms with Gasteiger partial charge >= 0.3 is 0 Å². The standard InChI is InChI=1S/C17H33NOS/c1-3-5-6-14(4-2)16(18)15-7-10-19-17(13-15)8-11-20-12-9-17/h14-16H,3-13,18H2,1-2H3. The molecule has 118 valence electrons. The molecule has 3 unspecified atom stereocenters. The highest BCUT2D eigenvalue weighted by Crippen LogP contribution is 2.41. The van der Waals surface area contributed by atoms with Gasteiger partial charge in [-0.15, -0.1) is 0 Å². The Hall–Kier alpha value is 0.270. The van der Waals surface area contributed by atoms with Gasteiger partial charge in [0.25, 0.3) is 0 Å². The summed E-state index contributed by atoms with van der Waals surface area (Å²) in [5.41, 5.74) is 6.86. The fourth-order valence-electron chi connectivity index (χ4n) is 4.01. The van der Waals surface area contributed by atoms with Gasteiger partial charge in [0.1, 0.15) is 0 Å². The summed E-state index contributed by atoms with van der Waals surface area (Å²) in [6, 6.07) is 0.391. The molecule has 0 aromatic heterocycles. The Bertz CT molecular complexity index is 273. The molecule has 2 aliphatic rings. The van der Waals surface area contributed by atoms with Crippen LogP contribution in [0.2, 0.25) is 0 Å². The largest absolute Gasteiger partial charge is 0.375 e. The summed E-state index contributed by atoms with van der Waals surface area (Å²) in [4.78, 5) is 0. The predicted molar refractivity (Wildman–Crippen MR) is 89.2 cm³/mol. The molecule has 0 bridgehead atoms. The summed E-state index contributed by atoms with van der Waals surface area (Å²) in [5.74, 6) is 3.95. The smallest absolute Gasteiger partial charge is 0.0701 e. The predicted octanol–water partition coefficient (Wildman–Crippen LogP) is 4.22. The highest BCUT2D eigenvalue weighted by molar-refractivity contribution is 7.99. The van der Waals surface area contributed by atoms with Crippen molar-refractivity contribution in [3.05, 3.63) is 0 Å². The van der Waals surface area contributed by atoms with Crippen molar-refractivity contribution in [2.24, 2.45) is 17.6 Å². The number of thioether (sulfide) groups is 1. The summed E-state index contributed by atoms with van der Waals surface area (Å²) in [7, 11) is 0. The molecular formula is C17H33NOS. The van der Waals surface area contributed by atoms with Gasteiger partial charge in [0.15, 0.2) is 0 Å². The summed E-state index contributed by atoms with van der Waals surface area (Å²) in [6.07, 6.45) is 10.1. The molecule has 2 nitrogen and oxygen atoms in total. The molecular weight excluding hydrogens is 266 g/mol. The lowest BCUT2D eigenvalue weighted by Gasteiger charge is -2.46. The number of hydrogen-bond donors (Lipinski definition) is 1. The van der Waals surface area contributed by atoms with Gasteiger partial charge in [-0.25, -0.2) is 0 Å². The van der Waals surface area contributed by atoms with E-state index in [4.69, 9.17) is 10.5 Å². The molecule has 0 aliphatic carbocycles. The first-order valence-electron chi connectivity index (χ1n) is 8.68. The van der Waals surface area contributed by atoms with Crippen molar-refractivity contribution in [1.82, 2.24) is 0 Å². The van der Waals surface area contributed by atoms with Gasteiger partial charge in [0.2, 0.25) is 0 Å². The quantitative estimate of drug-likeness (QED) is 0.797. The van der Waals surface area contributed by atoms with Crippen LogP contribution < -0.4 is 5.73 Å². The van der Waals surface area contributed by atoms with Crippen molar-refractivity contribution in [2.45, 2.75) is 76.9 Å². The Balaban J connectivity index is 1.92. The van der Waals surface area contributed by atoms with Crippen LogP contribution in [0.5, 0.6) is 0 Å². The van der Waals surface area contributed by atoms with Gasteiger partial charge in [-0.2, -0.15) is 11.8 Å². The zero-order chi connectivity index (χ0) is 14.4. The van der Waals surface area contributed by atoms with E-state index in [9.17, 15) is 0 Å². The van der Waals surface area contributed by atoms with Gasteiger partial charge in [0.05, 0.1) is 5.60 Å². The summed E-state index contributed by atoms with van der Waals surface area (Å²) >= 11 is 2.08. The van der Waals surface area contributed by atoms with E-state index in [0.29, 0.717) is 17.9 Å². The van der Waals surface area contributed by atoms with Crippen LogP contribution in [0.4, 0.5) is 0 Å². The number of unbranched alkanes of at least 4 members (excludes halogenated alkanes) is 1. The van der Waals surface area contributed by atoms with Crippen molar-refractivity contribution >= 4 is 11.8 Å². The van der Waals surface area contributed by atoms with Gasteiger partial charge in [-0.3, -0.25) is 0 Å². The first-order chi connectivity index (χ1) is 9.71. The highest BCUT2D eigenvalue weighted by atomic mass is 32.2. The molecule has 2 saturated heterocycles. The van der Waals surface area contributed by atoms with Crippen LogP contribution in [0, 0.1) is 11.8 Å². The normalized spacial score (nSPS) is 29.2. The van der Waals surface area contributed by atoms with Gasteiger partial charge < -0.3 is 10.5 Å². The topological polar surface area (TPSA) is 35.2 Å². The minimum atomic E-state index is 0.189. The second-order valence-corrected chi connectivity index (χ2v) is 8.01. The van der Waals surface area contributed by atoms with Crippen LogP contribution in [-0.2, 0) is 4.74 Å². The maximum Gasteiger partial charge on any atom is 0.0701 e. The monoisotopic (exact) mass is 299 g/mol. The molecule has 2 N–H and O–H groups in total. The lowest BCUT2D eigenvalue weighted by atomic mass is 9.74. The fourth-order valence-corrected chi connectivity index (χ4v) is 5.24. The Labute approximate surface area is 129 Å². The maximum atomic E-state index is 6.67. The average molecular weight is 300 g/mol. The maximum absolute atomic E-state index is 6.67. The van der Waals surface area contributed by atoms with Crippen molar-refractivity contribution in [3.63, 3.8) is 0 Å². The molecule has 2 fully saturated rings. The minimum absolute atomic E-state index is 0.189. The third kappa shape index (κ3) is 4.14. The molecule has 0 radical (unpaired) electrons. The van der Waals surface area contributed by atoms with Gasteiger partial charge in [-0.05, 0) is 55.4 Å². The first kappa shape index (κ1) is 16.6. The van der Waals surface area contributed by atoms with Crippen LogP contribution in [-0.4, -0.2) is 29.8 Å².